The van der Waals surface area contributed by atoms with Gasteiger partial charge in [-0.1, -0.05) is 48.5 Å². The molecule has 2 aromatic heterocycles. The number of Topliss-reactive ketones (excluding diaryl/α,β-unsaturated/α-hetero) is 1. The molecule has 1 N–H and O–H groups in total. The smallest absolute Gasteiger partial charge is 0.130 e. The third kappa shape index (κ3) is 3.11. The topological polar surface area (TPSA) is 32.9 Å². The fourth-order valence-corrected chi connectivity index (χ4v) is 4.49. The number of aromatic amines is 1. The largest absolute Gasteiger partial charge is 0.354 e. The number of benzene rings is 2. The molecule has 2 aromatic carbocycles. The predicted octanol–water partition coefficient (Wildman–Crippen LogP) is 6.32. The summed E-state index contributed by atoms with van der Waals surface area (Å²) >= 11 is 1.72. The average molecular weight is 359 g/mol. The van der Waals surface area contributed by atoms with Gasteiger partial charge in [0.05, 0.1) is 5.69 Å². The number of aryl methyl sites for hydroxylation is 1. The molecule has 3 heteroatoms. The Morgan fingerprint density at radius 2 is 1.88 bits per heavy atom. The Bertz CT molecular complexity index is 1040. The minimum absolute atomic E-state index is 0.0687. The first kappa shape index (κ1) is 16.8. The van der Waals surface area contributed by atoms with Crippen molar-refractivity contribution in [2.24, 2.45) is 0 Å². The van der Waals surface area contributed by atoms with Crippen LogP contribution in [0.4, 0.5) is 0 Å². The van der Waals surface area contributed by atoms with Gasteiger partial charge in [-0.05, 0) is 48.1 Å². The van der Waals surface area contributed by atoms with Crippen molar-refractivity contribution in [3.8, 4) is 11.3 Å². The number of ketones is 1. The highest BCUT2D eigenvalue weighted by Crippen LogP contribution is 2.42. The molecule has 0 saturated carbocycles. The van der Waals surface area contributed by atoms with E-state index in [1.807, 2.05) is 6.07 Å². The van der Waals surface area contributed by atoms with E-state index in [-0.39, 0.29) is 11.7 Å². The number of hydrogen-bond donors (Lipinski definition) is 1. The first-order chi connectivity index (χ1) is 12.6. The number of rotatable bonds is 5. The van der Waals surface area contributed by atoms with E-state index in [1.165, 1.54) is 21.4 Å². The summed E-state index contributed by atoms with van der Waals surface area (Å²) in [6, 6.07) is 21.1. The molecule has 0 fully saturated rings. The van der Waals surface area contributed by atoms with Crippen molar-refractivity contribution in [3.05, 3.63) is 82.0 Å². The molecule has 1 atom stereocenters. The van der Waals surface area contributed by atoms with E-state index in [2.05, 4.69) is 71.9 Å². The lowest BCUT2D eigenvalue weighted by atomic mass is 9.88. The lowest BCUT2D eigenvalue weighted by Gasteiger charge is -2.16. The summed E-state index contributed by atoms with van der Waals surface area (Å²) in [5.74, 6) is 0.281. The number of thiophene rings is 1. The number of carbonyl (C=O) groups excluding carboxylic acids is 1. The zero-order valence-electron chi connectivity index (χ0n) is 15.0. The molecule has 0 aliphatic rings. The summed E-state index contributed by atoms with van der Waals surface area (Å²) in [5, 5.41) is 3.29. The first-order valence-electron chi connectivity index (χ1n) is 8.84. The Morgan fingerprint density at radius 1 is 1.08 bits per heavy atom. The standard InChI is InChI=1S/C23H21NOS/c1-15-10-11-18-20(13-15)24-23(17-7-4-3-5-8-17)22(18)19(14-16(2)25)21-9-6-12-26-21/h3-13,19,24H,14H2,1-2H3. The second kappa shape index (κ2) is 6.93. The van der Waals surface area contributed by atoms with Crippen LogP contribution in [0.25, 0.3) is 22.2 Å². The van der Waals surface area contributed by atoms with Crippen LogP contribution in [0.2, 0.25) is 0 Å². The van der Waals surface area contributed by atoms with Crippen LogP contribution in [0.1, 0.15) is 35.3 Å². The van der Waals surface area contributed by atoms with Gasteiger partial charge in [0, 0.05) is 28.1 Å². The predicted molar refractivity (Wildman–Crippen MR) is 110 cm³/mol. The molecule has 0 bridgehead atoms. The van der Waals surface area contributed by atoms with Gasteiger partial charge < -0.3 is 4.98 Å². The third-order valence-electron chi connectivity index (χ3n) is 4.78. The summed E-state index contributed by atoms with van der Waals surface area (Å²) in [7, 11) is 0. The average Bonchev–Trinajstić information content (AvgIpc) is 3.28. The van der Waals surface area contributed by atoms with E-state index in [0.29, 0.717) is 6.42 Å². The van der Waals surface area contributed by atoms with Gasteiger partial charge in [-0.15, -0.1) is 11.3 Å². The molecule has 130 valence electrons. The lowest BCUT2D eigenvalue weighted by Crippen LogP contribution is -2.05. The van der Waals surface area contributed by atoms with E-state index in [1.54, 1.807) is 18.3 Å². The van der Waals surface area contributed by atoms with Crippen LogP contribution in [0.15, 0.2) is 66.0 Å². The molecule has 2 nitrogen and oxygen atoms in total. The normalized spacial score (nSPS) is 12.4. The van der Waals surface area contributed by atoms with Gasteiger partial charge in [0.2, 0.25) is 0 Å². The number of aromatic nitrogens is 1. The highest BCUT2D eigenvalue weighted by Gasteiger charge is 2.25. The van der Waals surface area contributed by atoms with E-state index >= 15 is 0 Å². The second-order valence-electron chi connectivity index (χ2n) is 6.80. The van der Waals surface area contributed by atoms with Gasteiger partial charge in [0.15, 0.2) is 0 Å². The number of hydrogen-bond acceptors (Lipinski definition) is 2. The molecule has 0 radical (unpaired) electrons. The van der Waals surface area contributed by atoms with Gasteiger partial charge in [-0.3, -0.25) is 4.79 Å². The van der Waals surface area contributed by atoms with Crippen LogP contribution < -0.4 is 0 Å². The Kier molecular flexibility index (Phi) is 4.48. The van der Waals surface area contributed by atoms with Gasteiger partial charge in [-0.2, -0.15) is 0 Å². The zero-order chi connectivity index (χ0) is 18.1. The molecule has 0 aliphatic heterocycles. The Balaban J connectivity index is 2.00. The van der Waals surface area contributed by atoms with Gasteiger partial charge in [-0.25, -0.2) is 0 Å². The second-order valence-corrected chi connectivity index (χ2v) is 7.78. The van der Waals surface area contributed by atoms with Crippen molar-refractivity contribution in [2.45, 2.75) is 26.2 Å². The van der Waals surface area contributed by atoms with Crippen LogP contribution in [-0.2, 0) is 4.79 Å². The van der Waals surface area contributed by atoms with Crippen molar-refractivity contribution in [3.63, 3.8) is 0 Å². The summed E-state index contributed by atoms with van der Waals surface area (Å²) in [4.78, 5) is 16.9. The molecule has 0 spiro atoms. The summed E-state index contributed by atoms with van der Waals surface area (Å²) in [6.45, 7) is 3.79. The third-order valence-corrected chi connectivity index (χ3v) is 5.77. The Hall–Kier alpha value is -2.65. The molecule has 4 aromatic rings. The number of nitrogens with one attached hydrogen (secondary N) is 1. The summed E-state index contributed by atoms with van der Waals surface area (Å²) < 4.78 is 0. The maximum atomic E-state index is 12.1. The Morgan fingerprint density at radius 3 is 2.58 bits per heavy atom. The van der Waals surface area contributed by atoms with E-state index in [9.17, 15) is 4.79 Å². The van der Waals surface area contributed by atoms with E-state index < -0.39 is 0 Å². The van der Waals surface area contributed by atoms with Crippen molar-refractivity contribution in [2.75, 3.05) is 0 Å². The first-order valence-corrected chi connectivity index (χ1v) is 9.72. The minimum Gasteiger partial charge on any atom is -0.354 e. The SMILES string of the molecule is CC(=O)CC(c1cccs1)c1c(-c2ccccc2)[nH]c2cc(C)ccc12. The molecular formula is C23H21NOS. The highest BCUT2D eigenvalue weighted by molar-refractivity contribution is 7.10. The van der Waals surface area contributed by atoms with Crippen LogP contribution >= 0.6 is 11.3 Å². The molecule has 1 unspecified atom stereocenters. The minimum atomic E-state index is 0.0687. The van der Waals surface area contributed by atoms with Gasteiger partial charge >= 0.3 is 0 Å². The fourth-order valence-electron chi connectivity index (χ4n) is 3.65. The van der Waals surface area contributed by atoms with Crippen LogP contribution in [0, 0.1) is 6.92 Å². The van der Waals surface area contributed by atoms with Crippen LogP contribution in [0.5, 0.6) is 0 Å². The summed E-state index contributed by atoms with van der Waals surface area (Å²) in [5.41, 5.74) is 5.85. The molecule has 0 amide bonds. The quantitative estimate of drug-likeness (QED) is 0.444. The maximum absolute atomic E-state index is 12.1. The highest BCUT2D eigenvalue weighted by atomic mass is 32.1. The number of H-pyrrole nitrogens is 1. The summed E-state index contributed by atoms with van der Waals surface area (Å²) in [6.07, 6.45) is 0.515. The molecule has 26 heavy (non-hydrogen) atoms. The Labute approximate surface area is 157 Å². The van der Waals surface area contributed by atoms with Crippen LogP contribution in [-0.4, -0.2) is 10.8 Å². The molecule has 4 rings (SSSR count). The van der Waals surface area contributed by atoms with Crippen molar-refractivity contribution in [1.82, 2.24) is 4.98 Å². The van der Waals surface area contributed by atoms with Gasteiger partial charge in [0.1, 0.15) is 5.78 Å². The molecule has 2 heterocycles. The maximum Gasteiger partial charge on any atom is 0.130 e. The van der Waals surface area contributed by atoms with Crippen LogP contribution in [0.3, 0.4) is 0 Å². The molecule has 0 aliphatic carbocycles. The molecular weight excluding hydrogens is 338 g/mol. The number of carbonyl (C=O) groups is 1. The fraction of sp³-hybridized carbons (Fsp3) is 0.174. The van der Waals surface area contributed by atoms with Gasteiger partial charge in [0.25, 0.3) is 0 Å². The van der Waals surface area contributed by atoms with E-state index in [4.69, 9.17) is 0 Å². The monoisotopic (exact) mass is 359 g/mol. The van der Waals surface area contributed by atoms with Crippen molar-refractivity contribution < 1.29 is 4.79 Å². The zero-order valence-corrected chi connectivity index (χ0v) is 15.8. The van der Waals surface area contributed by atoms with Crippen molar-refractivity contribution in [1.29, 1.82) is 0 Å². The molecule has 0 saturated heterocycles. The van der Waals surface area contributed by atoms with E-state index in [0.717, 1.165) is 16.8 Å². The lowest BCUT2D eigenvalue weighted by molar-refractivity contribution is -0.117. The number of fused-ring (bicyclic) bond motifs is 1. The van der Waals surface area contributed by atoms with Crippen molar-refractivity contribution >= 4 is 28.0 Å².